The van der Waals surface area contributed by atoms with Gasteiger partial charge in [-0.25, -0.2) is 4.79 Å². The molecule has 0 spiro atoms. The highest BCUT2D eigenvalue weighted by molar-refractivity contribution is 5.76. The predicted molar refractivity (Wildman–Crippen MR) is 76.0 cm³/mol. The second kappa shape index (κ2) is 4.65. The van der Waals surface area contributed by atoms with Gasteiger partial charge in [0, 0.05) is 38.3 Å². The number of piperidine rings is 1. The maximum Gasteiger partial charge on any atom is 0.320 e. The summed E-state index contributed by atoms with van der Waals surface area (Å²) in [6.07, 6.45) is 2.32. The third kappa shape index (κ3) is 2.14. The van der Waals surface area contributed by atoms with E-state index in [-0.39, 0.29) is 11.6 Å². The van der Waals surface area contributed by atoms with E-state index >= 15 is 0 Å². The fourth-order valence-corrected chi connectivity index (χ4v) is 4.12. The molecule has 2 atom stereocenters. The van der Waals surface area contributed by atoms with Crippen LogP contribution in [0.25, 0.3) is 0 Å². The molecule has 0 aromatic carbocycles. The van der Waals surface area contributed by atoms with Gasteiger partial charge in [-0.2, -0.15) is 0 Å². The molecule has 0 bridgehead atoms. The van der Waals surface area contributed by atoms with E-state index in [1.54, 1.807) is 0 Å². The number of carbonyl (C=O) groups excluding carboxylic acids is 1. The van der Waals surface area contributed by atoms with Crippen molar-refractivity contribution < 1.29 is 4.79 Å². The van der Waals surface area contributed by atoms with Gasteiger partial charge in [-0.05, 0) is 44.4 Å². The Hall–Kier alpha value is -0.770. The number of nitrogens with one attached hydrogen (secondary N) is 1. The Labute approximate surface area is 116 Å². The molecule has 3 heterocycles. The fourth-order valence-electron chi connectivity index (χ4n) is 4.12. The molecule has 3 aliphatic rings. The maximum atomic E-state index is 12.8. The van der Waals surface area contributed by atoms with Gasteiger partial charge in [0.1, 0.15) is 0 Å². The highest BCUT2D eigenvalue weighted by Crippen LogP contribution is 2.41. The molecule has 3 fully saturated rings. The van der Waals surface area contributed by atoms with Crippen LogP contribution < -0.4 is 5.32 Å². The Kier molecular flexibility index (Phi) is 3.24. The number of carbonyl (C=O) groups is 1. The van der Waals surface area contributed by atoms with Crippen LogP contribution in [0.5, 0.6) is 0 Å². The summed E-state index contributed by atoms with van der Waals surface area (Å²) in [5.74, 6) is 2.06. The first-order chi connectivity index (χ1) is 9.00. The van der Waals surface area contributed by atoms with E-state index in [1.807, 2.05) is 0 Å². The minimum absolute atomic E-state index is 0.00825. The lowest BCUT2D eigenvalue weighted by molar-refractivity contribution is 0.100. The topological polar surface area (TPSA) is 35.6 Å². The minimum Gasteiger partial charge on any atom is -0.325 e. The summed E-state index contributed by atoms with van der Waals surface area (Å²) in [6.45, 7) is 11.8. The lowest BCUT2D eigenvalue weighted by Gasteiger charge is -2.40. The quantitative estimate of drug-likeness (QED) is 0.724. The number of nitrogens with zero attached hydrogens (tertiary/aromatic N) is 2. The number of fused-ring (bicyclic) bond motifs is 1. The molecule has 0 radical (unpaired) electrons. The Bertz CT molecular complexity index is 360. The molecule has 3 aliphatic heterocycles. The molecule has 2 amide bonds. The average Bonchev–Trinajstić information content (AvgIpc) is 2.92. The number of amides is 2. The number of urea groups is 1. The molecule has 0 aromatic rings. The first-order valence-corrected chi connectivity index (χ1v) is 7.77. The van der Waals surface area contributed by atoms with Gasteiger partial charge in [0.05, 0.1) is 0 Å². The van der Waals surface area contributed by atoms with Gasteiger partial charge in [-0.15, -0.1) is 0 Å². The molecular formula is C15H27N3O. The lowest BCUT2D eigenvalue weighted by atomic mass is 9.85. The second-order valence-corrected chi connectivity index (χ2v) is 7.24. The molecule has 3 saturated heterocycles. The first-order valence-electron chi connectivity index (χ1n) is 7.77. The monoisotopic (exact) mass is 265 g/mol. The van der Waals surface area contributed by atoms with Crippen LogP contribution in [0.1, 0.15) is 33.6 Å². The van der Waals surface area contributed by atoms with Crippen LogP contribution in [0.4, 0.5) is 4.79 Å². The Morgan fingerprint density at radius 2 is 1.89 bits per heavy atom. The zero-order valence-corrected chi connectivity index (χ0v) is 12.5. The zero-order valence-electron chi connectivity index (χ0n) is 12.5. The van der Waals surface area contributed by atoms with E-state index in [9.17, 15) is 4.79 Å². The molecule has 108 valence electrons. The van der Waals surface area contributed by atoms with Crippen molar-refractivity contribution in [2.45, 2.75) is 39.2 Å². The van der Waals surface area contributed by atoms with Crippen molar-refractivity contribution in [2.24, 2.45) is 17.8 Å². The third-order valence-corrected chi connectivity index (χ3v) is 5.65. The van der Waals surface area contributed by atoms with Gasteiger partial charge in [-0.1, -0.05) is 6.92 Å². The molecule has 2 unspecified atom stereocenters. The van der Waals surface area contributed by atoms with Crippen LogP contribution in [0.3, 0.4) is 0 Å². The number of likely N-dealkylation sites (tertiary alicyclic amines) is 2. The number of hydrogen-bond donors (Lipinski definition) is 1. The van der Waals surface area contributed by atoms with Gasteiger partial charge in [0.2, 0.25) is 0 Å². The Morgan fingerprint density at radius 3 is 2.53 bits per heavy atom. The van der Waals surface area contributed by atoms with Crippen molar-refractivity contribution in [3.05, 3.63) is 0 Å². The van der Waals surface area contributed by atoms with Crippen molar-refractivity contribution in [3.63, 3.8) is 0 Å². The fraction of sp³-hybridized carbons (Fsp3) is 0.933. The lowest BCUT2D eigenvalue weighted by Crippen LogP contribution is -2.54. The highest BCUT2D eigenvalue weighted by atomic mass is 16.2. The van der Waals surface area contributed by atoms with Gasteiger partial charge in [0.25, 0.3) is 0 Å². The smallest absolute Gasteiger partial charge is 0.320 e. The van der Waals surface area contributed by atoms with Crippen LogP contribution >= 0.6 is 0 Å². The van der Waals surface area contributed by atoms with Crippen LogP contribution in [-0.2, 0) is 0 Å². The molecule has 0 saturated carbocycles. The van der Waals surface area contributed by atoms with Crippen molar-refractivity contribution in [2.75, 3.05) is 32.7 Å². The summed E-state index contributed by atoms with van der Waals surface area (Å²) in [6, 6.07) is 0.284. The third-order valence-electron chi connectivity index (χ3n) is 5.65. The van der Waals surface area contributed by atoms with Crippen LogP contribution in [-0.4, -0.2) is 54.1 Å². The van der Waals surface area contributed by atoms with Gasteiger partial charge < -0.3 is 15.1 Å². The molecule has 3 rings (SSSR count). The van der Waals surface area contributed by atoms with E-state index in [4.69, 9.17) is 0 Å². The van der Waals surface area contributed by atoms with E-state index in [0.29, 0.717) is 11.8 Å². The molecule has 0 aromatic heterocycles. The summed E-state index contributed by atoms with van der Waals surface area (Å²) in [5.41, 5.74) is 0.00825. The van der Waals surface area contributed by atoms with Crippen molar-refractivity contribution in [1.82, 2.24) is 15.1 Å². The largest absolute Gasteiger partial charge is 0.325 e. The van der Waals surface area contributed by atoms with Gasteiger partial charge in [-0.3, -0.25) is 0 Å². The summed E-state index contributed by atoms with van der Waals surface area (Å²) < 4.78 is 0. The summed E-state index contributed by atoms with van der Waals surface area (Å²) >= 11 is 0. The van der Waals surface area contributed by atoms with E-state index in [0.717, 1.165) is 51.5 Å². The van der Waals surface area contributed by atoms with E-state index < -0.39 is 0 Å². The predicted octanol–water partition coefficient (Wildman–Crippen LogP) is 1.77. The average molecular weight is 265 g/mol. The number of hydrogen-bond acceptors (Lipinski definition) is 2. The number of rotatable bonds is 0. The van der Waals surface area contributed by atoms with Crippen molar-refractivity contribution >= 4 is 6.03 Å². The molecule has 19 heavy (non-hydrogen) atoms. The first kappa shape index (κ1) is 13.2. The van der Waals surface area contributed by atoms with Gasteiger partial charge in [0.15, 0.2) is 0 Å². The summed E-state index contributed by atoms with van der Waals surface area (Å²) in [7, 11) is 0. The summed E-state index contributed by atoms with van der Waals surface area (Å²) in [5, 5.41) is 3.47. The maximum absolute atomic E-state index is 12.8. The van der Waals surface area contributed by atoms with E-state index in [2.05, 4.69) is 35.9 Å². The van der Waals surface area contributed by atoms with Crippen LogP contribution in [0.2, 0.25) is 0 Å². The second-order valence-electron chi connectivity index (χ2n) is 7.24. The van der Waals surface area contributed by atoms with Crippen molar-refractivity contribution in [1.29, 1.82) is 0 Å². The molecule has 1 N–H and O–H groups in total. The van der Waals surface area contributed by atoms with Crippen LogP contribution in [0, 0.1) is 17.8 Å². The molecule has 4 nitrogen and oxygen atoms in total. The normalized spacial score (nSPS) is 34.7. The van der Waals surface area contributed by atoms with E-state index in [1.165, 1.54) is 0 Å². The Morgan fingerprint density at radius 1 is 1.21 bits per heavy atom. The molecule has 0 aliphatic carbocycles. The molecular weight excluding hydrogens is 238 g/mol. The SMILES string of the molecule is CC1CCN(C(=O)N2CC3CNCC3C2(C)C)CC1. The molecule has 4 heteroatoms. The minimum atomic E-state index is 0.00825. The Balaban J connectivity index is 1.70. The summed E-state index contributed by atoms with van der Waals surface area (Å²) in [4.78, 5) is 17.0. The highest BCUT2D eigenvalue weighted by Gasteiger charge is 2.52. The van der Waals surface area contributed by atoms with Crippen LogP contribution in [0.15, 0.2) is 0 Å². The standard InChI is InChI=1S/C15H27N3O/c1-11-4-6-17(7-5-11)14(19)18-10-12-8-16-9-13(12)15(18,2)3/h11-13,16H,4-10H2,1-3H3. The van der Waals surface area contributed by atoms with Gasteiger partial charge >= 0.3 is 6.03 Å². The zero-order chi connectivity index (χ0) is 13.6. The van der Waals surface area contributed by atoms with Crippen molar-refractivity contribution in [3.8, 4) is 0 Å².